The molecule has 110 valence electrons. The number of rotatable bonds is 1. The predicted octanol–water partition coefficient (Wildman–Crippen LogP) is 1.27. The van der Waals surface area contributed by atoms with Crippen LogP contribution in [-0.4, -0.2) is 36.2 Å². The fraction of sp³-hybridized carbons (Fsp3) is 0.231. The van der Waals surface area contributed by atoms with E-state index in [4.69, 9.17) is 0 Å². The van der Waals surface area contributed by atoms with Gasteiger partial charge in [-0.2, -0.15) is 13.5 Å². The van der Waals surface area contributed by atoms with Crippen molar-refractivity contribution in [3.63, 3.8) is 0 Å². The van der Waals surface area contributed by atoms with Crippen LogP contribution in [-0.2, 0) is 16.6 Å². The number of hydrogen-bond acceptors (Lipinski definition) is 5. The van der Waals surface area contributed by atoms with Gasteiger partial charge in [0.1, 0.15) is 5.71 Å². The molecule has 7 nitrogen and oxygen atoms in total. The number of sulfonamides is 1. The molecule has 1 aliphatic rings. The maximum absolute atomic E-state index is 12.7. The highest BCUT2D eigenvalue weighted by Crippen LogP contribution is 2.33. The van der Waals surface area contributed by atoms with Crippen molar-refractivity contribution in [1.29, 1.82) is 0 Å². The standard InChI is InChI=1S/C13H14N4O3S/c1-3-17-8-10-12(15-18)9-6-4-5-7-11(9)16(2)21(19,20)13(10)14-17/h4-8,18H,3H2,1-2H3. The zero-order valence-corrected chi connectivity index (χ0v) is 12.4. The lowest BCUT2D eigenvalue weighted by Crippen LogP contribution is -2.27. The molecule has 2 aromatic rings. The van der Waals surface area contributed by atoms with E-state index in [1.165, 1.54) is 11.7 Å². The molecule has 1 aromatic carbocycles. The lowest BCUT2D eigenvalue weighted by molar-refractivity contribution is 0.319. The topological polar surface area (TPSA) is 87.8 Å². The van der Waals surface area contributed by atoms with Crippen LogP contribution < -0.4 is 4.31 Å². The molecule has 8 heteroatoms. The van der Waals surface area contributed by atoms with Crippen LogP contribution in [0, 0.1) is 0 Å². The Kier molecular flexibility index (Phi) is 2.98. The highest BCUT2D eigenvalue weighted by Gasteiger charge is 2.36. The summed E-state index contributed by atoms with van der Waals surface area (Å²) in [7, 11) is -2.33. The van der Waals surface area contributed by atoms with Gasteiger partial charge in [0, 0.05) is 25.4 Å². The fourth-order valence-electron chi connectivity index (χ4n) is 2.38. The lowest BCUT2D eigenvalue weighted by Gasteiger charge is -2.18. The first-order valence-corrected chi connectivity index (χ1v) is 7.83. The zero-order chi connectivity index (χ0) is 15.2. The average molecular weight is 306 g/mol. The Labute approximate surface area is 122 Å². The first kappa shape index (κ1) is 13.6. The molecule has 3 rings (SSSR count). The van der Waals surface area contributed by atoms with Crippen LogP contribution in [0.15, 0.2) is 40.6 Å². The quantitative estimate of drug-likeness (QED) is 0.635. The SMILES string of the molecule is CCn1cc2c(n1)S(=O)(=O)N(C)c1ccccc1C2=NO. The monoisotopic (exact) mass is 306 g/mol. The van der Waals surface area contributed by atoms with Gasteiger partial charge in [0.2, 0.25) is 5.03 Å². The van der Waals surface area contributed by atoms with Crippen molar-refractivity contribution in [2.24, 2.45) is 5.16 Å². The van der Waals surface area contributed by atoms with E-state index in [-0.39, 0.29) is 10.7 Å². The predicted molar refractivity (Wildman–Crippen MR) is 77.4 cm³/mol. The van der Waals surface area contributed by atoms with Gasteiger partial charge in [0.25, 0.3) is 10.0 Å². The second kappa shape index (κ2) is 4.59. The normalized spacial score (nSPS) is 18.2. The largest absolute Gasteiger partial charge is 0.410 e. The van der Waals surface area contributed by atoms with Crippen molar-refractivity contribution in [2.75, 3.05) is 11.4 Å². The van der Waals surface area contributed by atoms with Gasteiger partial charge in [0.15, 0.2) is 0 Å². The van der Waals surface area contributed by atoms with Crippen molar-refractivity contribution in [3.05, 3.63) is 41.6 Å². The fourth-order valence-corrected chi connectivity index (χ4v) is 3.69. The molecule has 1 aromatic heterocycles. The van der Waals surface area contributed by atoms with E-state index in [1.54, 1.807) is 30.5 Å². The summed E-state index contributed by atoms with van der Waals surface area (Å²) >= 11 is 0. The zero-order valence-electron chi connectivity index (χ0n) is 11.6. The summed E-state index contributed by atoms with van der Waals surface area (Å²) < 4.78 is 28.1. The molecule has 0 amide bonds. The van der Waals surface area contributed by atoms with Crippen LogP contribution in [0.5, 0.6) is 0 Å². The highest BCUT2D eigenvalue weighted by molar-refractivity contribution is 7.92. The molecule has 0 saturated carbocycles. The first-order valence-electron chi connectivity index (χ1n) is 6.39. The number of nitrogens with zero attached hydrogens (tertiary/aromatic N) is 4. The molecular formula is C13H14N4O3S. The Morgan fingerprint density at radius 1 is 1.29 bits per heavy atom. The summed E-state index contributed by atoms with van der Waals surface area (Å²) in [6.45, 7) is 2.37. The van der Waals surface area contributed by atoms with E-state index in [0.29, 0.717) is 23.4 Å². The molecule has 1 N–H and O–H groups in total. The third-order valence-electron chi connectivity index (χ3n) is 3.51. The molecule has 0 unspecified atom stereocenters. The van der Waals surface area contributed by atoms with Crippen molar-refractivity contribution in [3.8, 4) is 0 Å². The number of para-hydroxylation sites is 1. The molecule has 21 heavy (non-hydrogen) atoms. The Balaban J connectivity index is 2.43. The van der Waals surface area contributed by atoms with Crippen molar-refractivity contribution in [2.45, 2.75) is 18.5 Å². The van der Waals surface area contributed by atoms with Crippen LogP contribution in [0.2, 0.25) is 0 Å². The minimum atomic E-state index is -3.79. The second-order valence-corrected chi connectivity index (χ2v) is 6.53. The Hall–Kier alpha value is -2.35. The van der Waals surface area contributed by atoms with Gasteiger partial charge in [-0.3, -0.25) is 8.99 Å². The number of fused-ring (bicyclic) bond motifs is 2. The molecule has 0 bridgehead atoms. The number of aryl methyl sites for hydroxylation is 1. The average Bonchev–Trinajstić information content (AvgIpc) is 2.90. The van der Waals surface area contributed by atoms with Crippen LogP contribution >= 0.6 is 0 Å². The third kappa shape index (κ3) is 1.83. The van der Waals surface area contributed by atoms with Gasteiger partial charge < -0.3 is 5.21 Å². The van der Waals surface area contributed by atoms with Crippen molar-refractivity contribution >= 4 is 21.4 Å². The summed E-state index contributed by atoms with van der Waals surface area (Å²) in [4.78, 5) is 0. The van der Waals surface area contributed by atoms with Gasteiger partial charge in [-0.25, -0.2) is 0 Å². The van der Waals surface area contributed by atoms with E-state index in [9.17, 15) is 13.6 Å². The molecule has 0 saturated heterocycles. The molecular weight excluding hydrogens is 292 g/mol. The maximum Gasteiger partial charge on any atom is 0.284 e. The number of oxime groups is 1. The third-order valence-corrected chi connectivity index (χ3v) is 5.22. The summed E-state index contributed by atoms with van der Waals surface area (Å²) in [5.74, 6) is 0. The van der Waals surface area contributed by atoms with Gasteiger partial charge >= 0.3 is 0 Å². The van der Waals surface area contributed by atoms with E-state index in [2.05, 4.69) is 10.3 Å². The van der Waals surface area contributed by atoms with Crippen molar-refractivity contribution < 1.29 is 13.6 Å². The number of hydrogen-bond donors (Lipinski definition) is 1. The van der Waals surface area contributed by atoms with Gasteiger partial charge in [-0.1, -0.05) is 23.4 Å². The molecule has 1 aliphatic heterocycles. The minimum Gasteiger partial charge on any atom is -0.410 e. The van der Waals surface area contributed by atoms with E-state index >= 15 is 0 Å². The second-order valence-electron chi connectivity index (χ2n) is 4.64. The van der Waals surface area contributed by atoms with Crippen LogP contribution in [0.1, 0.15) is 18.1 Å². The molecule has 2 heterocycles. The molecule has 0 fully saturated rings. The molecule has 0 radical (unpaired) electrons. The van der Waals surface area contributed by atoms with Crippen molar-refractivity contribution in [1.82, 2.24) is 9.78 Å². The summed E-state index contributed by atoms with van der Waals surface area (Å²) in [5, 5.41) is 16.7. The van der Waals surface area contributed by atoms with Crippen LogP contribution in [0.25, 0.3) is 0 Å². The number of anilines is 1. The summed E-state index contributed by atoms with van der Waals surface area (Å²) in [6, 6.07) is 6.88. The molecule has 0 atom stereocenters. The number of aromatic nitrogens is 2. The maximum atomic E-state index is 12.7. The van der Waals surface area contributed by atoms with Gasteiger partial charge in [-0.15, -0.1) is 0 Å². The lowest BCUT2D eigenvalue weighted by atomic mass is 10.0. The number of benzene rings is 1. The van der Waals surface area contributed by atoms with Crippen LogP contribution in [0.3, 0.4) is 0 Å². The molecule has 0 aliphatic carbocycles. The highest BCUT2D eigenvalue weighted by atomic mass is 32.2. The van der Waals surface area contributed by atoms with E-state index in [0.717, 1.165) is 4.31 Å². The first-order chi connectivity index (χ1) is 10.0. The van der Waals surface area contributed by atoms with E-state index < -0.39 is 10.0 Å². The minimum absolute atomic E-state index is 0.101. The van der Waals surface area contributed by atoms with Gasteiger partial charge in [0.05, 0.1) is 11.3 Å². The Bertz CT molecular complexity index is 839. The smallest absolute Gasteiger partial charge is 0.284 e. The Morgan fingerprint density at radius 3 is 2.67 bits per heavy atom. The summed E-state index contributed by atoms with van der Waals surface area (Å²) in [5.41, 5.74) is 1.50. The van der Waals surface area contributed by atoms with Gasteiger partial charge in [-0.05, 0) is 13.0 Å². The Morgan fingerprint density at radius 2 is 2.00 bits per heavy atom. The van der Waals surface area contributed by atoms with E-state index in [1.807, 2.05) is 6.92 Å². The summed E-state index contributed by atoms with van der Waals surface area (Å²) in [6.07, 6.45) is 1.58. The molecule has 0 spiro atoms. The van der Waals surface area contributed by atoms with Crippen LogP contribution in [0.4, 0.5) is 5.69 Å².